The number of nitrogens with zero attached hydrogens (tertiary/aromatic N) is 3. The Morgan fingerprint density at radius 3 is 3.00 bits per heavy atom. The molecule has 17 heavy (non-hydrogen) atoms. The summed E-state index contributed by atoms with van der Waals surface area (Å²) in [7, 11) is 0. The second-order valence-corrected chi connectivity index (χ2v) is 4.94. The van der Waals surface area contributed by atoms with E-state index in [9.17, 15) is 4.79 Å². The molecule has 0 aliphatic carbocycles. The molecule has 1 saturated heterocycles. The molecule has 1 aliphatic rings. The van der Waals surface area contributed by atoms with Gasteiger partial charge < -0.3 is 9.69 Å². The van der Waals surface area contributed by atoms with Crippen LogP contribution in [0.4, 0.5) is 5.82 Å². The Morgan fingerprint density at radius 1 is 1.47 bits per heavy atom. The average molecular weight is 233 g/mol. The number of aromatic nitrogens is 2. The van der Waals surface area contributed by atoms with Crippen molar-refractivity contribution in [2.24, 2.45) is 5.92 Å². The highest BCUT2D eigenvalue weighted by Crippen LogP contribution is 2.22. The second kappa shape index (κ2) is 5.25. The van der Waals surface area contributed by atoms with Gasteiger partial charge in [-0.05, 0) is 18.8 Å². The topological polar surface area (TPSA) is 46.1 Å². The molecule has 0 amide bonds. The molecule has 0 radical (unpaired) electrons. The summed E-state index contributed by atoms with van der Waals surface area (Å²) in [5.74, 6) is 1.51. The first-order valence-corrected chi connectivity index (χ1v) is 6.23. The average Bonchev–Trinajstić information content (AvgIpc) is 2.39. The number of rotatable bonds is 3. The molecule has 92 valence electrons. The molecule has 1 fully saturated rings. The highest BCUT2D eigenvalue weighted by Gasteiger charge is 2.20. The zero-order chi connectivity index (χ0) is 12.3. The molecule has 0 N–H and O–H groups in total. The molecule has 2 heterocycles. The van der Waals surface area contributed by atoms with Crippen molar-refractivity contribution in [3.8, 4) is 0 Å². The minimum Gasteiger partial charge on any atom is -0.356 e. The van der Waals surface area contributed by atoms with Crippen LogP contribution in [0.15, 0.2) is 12.4 Å². The first-order valence-electron chi connectivity index (χ1n) is 6.23. The van der Waals surface area contributed by atoms with Crippen molar-refractivity contribution >= 4 is 12.1 Å². The summed E-state index contributed by atoms with van der Waals surface area (Å²) in [5.41, 5.74) is 1.06. The molecule has 0 aromatic carbocycles. The van der Waals surface area contributed by atoms with E-state index in [1.165, 1.54) is 0 Å². The van der Waals surface area contributed by atoms with Crippen molar-refractivity contribution in [1.29, 1.82) is 0 Å². The third kappa shape index (κ3) is 2.81. The first kappa shape index (κ1) is 12.0. The minimum atomic E-state index is 0.154. The number of piperidine rings is 1. The van der Waals surface area contributed by atoms with E-state index in [1.807, 2.05) is 6.07 Å². The summed E-state index contributed by atoms with van der Waals surface area (Å²) in [4.78, 5) is 21.6. The van der Waals surface area contributed by atoms with Crippen LogP contribution in [0.3, 0.4) is 0 Å². The number of aldehydes is 1. The third-order valence-corrected chi connectivity index (χ3v) is 3.24. The van der Waals surface area contributed by atoms with Crippen LogP contribution < -0.4 is 4.90 Å². The Kier molecular flexibility index (Phi) is 3.71. The summed E-state index contributed by atoms with van der Waals surface area (Å²) in [5, 5.41) is 0. The molecule has 1 unspecified atom stereocenters. The highest BCUT2D eigenvalue weighted by molar-refractivity contribution is 5.56. The van der Waals surface area contributed by atoms with Crippen molar-refractivity contribution < 1.29 is 4.79 Å². The second-order valence-electron chi connectivity index (χ2n) is 4.94. The van der Waals surface area contributed by atoms with Gasteiger partial charge in [-0.25, -0.2) is 9.97 Å². The van der Waals surface area contributed by atoms with Gasteiger partial charge in [0.25, 0.3) is 0 Å². The van der Waals surface area contributed by atoms with Gasteiger partial charge in [0.2, 0.25) is 0 Å². The van der Waals surface area contributed by atoms with E-state index in [4.69, 9.17) is 0 Å². The maximum Gasteiger partial charge on any atom is 0.132 e. The van der Waals surface area contributed by atoms with Gasteiger partial charge in [-0.1, -0.05) is 13.8 Å². The summed E-state index contributed by atoms with van der Waals surface area (Å²) in [6.45, 7) is 6.02. The van der Waals surface area contributed by atoms with Crippen molar-refractivity contribution in [3.05, 3.63) is 18.1 Å². The van der Waals surface area contributed by atoms with Crippen molar-refractivity contribution in [3.63, 3.8) is 0 Å². The van der Waals surface area contributed by atoms with Crippen LogP contribution in [-0.4, -0.2) is 29.3 Å². The predicted octanol–water partition coefficient (Wildman–Crippen LogP) is 2.02. The predicted molar refractivity (Wildman–Crippen MR) is 67.1 cm³/mol. The highest BCUT2D eigenvalue weighted by atomic mass is 16.1. The van der Waals surface area contributed by atoms with Gasteiger partial charge in [0, 0.05) is 30.8 Å². The van der Waals surface area contributed by atoms with Crippen LogP contribution >= 0.6 is 0 Å². The fourth-order valence-electron chi connectivity index (χ4n) is 2.18. The molecule has 4 nitrogen and oxygen atoms in total. The number of anilines is 1. The van der Waals surface area contributed by atoms with Gasteiger partial charge in [-0.3, -0.25) is 0 Å². The summed E-state index contributed by atoms with van der Waals surface area (Å²) in [6.07, 6.45) is 4.75. The smallest absolute Gasteiger partial charge is 0.132 e. The quantitative estimate of drug-likeness (QED) is 0.749. The molecule has 1 aromatic heterocycles. The number of hydrogen-bond donors (Lipinski definition) is 0. The van der Waals surface area contributed by atoms with Gasteiger partial charge in [-0.2, -0.15) is 0 Å². The van der Waals surface area contributed by atoms with Gasteiger partial charge in [0.05, 0.1) is 0 Å². The lowest BCUT2D eigenvalue weighted by atomic mass is 9.99. The van der Waals surface area contributed by atoms with E-state index >= 15 is 0 Å². The molecule has 0 spiro atoms. The van der Waals surface area contributed by atoms with E-state index in [1.54, 1.807) is 6.33 Å². The normalized spacial score (nSPS) is 20.6. The lowest BCUT2D eigenvalue weighted by Crippen LogP contribution is -2.36. The summed E-state index contributed by atoms with van der Waals surface area (Å²) in [6, 6.07) is 2.04. The van der Waals surface area contributed by atoms with Crippen LogP contribution in [0.25, 0.3) is 0 Å². The molecule has 2 rings (SSSR count). The number of hydrogen-bond acceptors (Lipinski definition) is 4. The molecular weight excluding hydrogens is 214 g/mol. The van der Waals surface area contributed by atoms with E-state index in [-0.39, 0.29) is 5.92 Å². The lowest BCUT2D eigenvalue weighted by Gasteiger charge is -2.31. The molecular formula is C13H19N3O. The molecule has 0 saturated carbocycles. The largest absolute Gasteiger partial charge is 0.356 e. The van der Waals surface area contributed by atoms with E-state index in [0.717, 1.165) is 43.7 Å². The van der Waals surface area contributed by atoms with Gasteiger partial charge in [-0.15, -0.1) is 0 Å². The Hall–Kier alpha value is -1.45. The maximum atomic E-state index is 10.9. The Morgan fingerprint density at radius 2 is 2.29 bits per heavy atom. The SMILES string of the molecule is CC(C)c1cc(N2CCCC(C=O)C2)ncn1. The first-order chi connectivity index (χ1) is 8.20. The molecule has 1 atom stereocenters. The molecule has 1 aliphatic heterocycles. The standard InChI is InChI=1S/C13H19N3O/c1-10(2)12-6-13(15-9-14-12)16-5-3-4-11(7-16)8-17/h6,8-11H,3-5,7H2,1-2H3. The Bertz CT molecular complexity index is 392. The Balaban J connectivity index is 2.15. The number of carbonyl (C=O) groups is 1. The van der Waals surface area contributed by atoms with Gasteiger partial charge in [0.15, 0.2) is 0 Å². The van der Waals surface area contributed by atoms with Gasteiger partial charge >= 0.3 is 0 Å². The summed E-state index contributed by atoms with van der Waals surface area (Å²) < 4.78 is 0. The van der Waals surface area contributed by atoms with Crippen LogP contribution in [-0.2, 0) is 4.79 Å². The van der Waals surface area contributed by atoms with E-state index in [0.29, 0.717) is 5.92 Å². The van der Waals surface area contributed by atoms with Crippen molar-refractivity contribution in [2.75, 3.05) is 18.0 Å². The minimum absolute atomic E-state index is 0.154. The number of carbonyl (C=O) groups excluding carboxylic acids is 1. The maximum absolute atomic E-state index is 10.9. The van der Waals surface area contributed by atoms with Crippen LogP contribution in [0.5, 0.6) is 0 Å². The van der Waals surface area contributed by atoms with Gasteiger partial charge in [0.1, 0.15) is 18.4 Å². The molecule has 0 bridgehead atoms. The lowest BCUT2D eigenvalue weighted by molar-refractivity contribution is -0.111. The summed E-state index contributed by atoms with van der Waals surface area (Å²) >= 11 is 0. The molecule has 4 heteroatoms. The zero-order valence-corrected chi connectivity index (χ0v) is 10.5. The van der Waals surface area contributed by atoms with Crippen molar-refractivity contribution in [2.45, 2.75) is 32.6 Å². The van der Waals surface area contributed by atoms with Crippen molar-refractivity contribution in [1.82, 2.24) is 9.97 Å². The van der Waals surface area contributed by atoms with Crippen LogP contribution in [0, 0.1) is 5.92 Å². The fraction of sp³-hybridized carbons (Fsp3) is 0.615. The molecule has 1 aromatic rings. The zero-order valence-electron chi connectivity index (χ0n) is 10.5. The van der Waals surface area contributed by atoms with E-state index < -0.39 is 0 Å². The fourth-order valence-corrected chi connectivity index (χ4v) is 2.18. The third-order valence-electron chi connectivity index (χ3n) is 3.24. The van der Waals surface area contributed by atoms with E-state index in [2.05, 4.69) is 28.7 Å². The Labute approximate surface area is 102 Å². The monoisotopic (exact) mass is 233 g/mol. The van der Waals surface area contributed by atoms with Crippen LogP contribution in [0.2, 0.25) is 0 Å². The van der Waals surface area contributed by atoms with Crippen LogP contribution in [0.1, 0.15) is 38.3 Å².